The molecule has 0 N–H and O–H groups in total. The Morgan fingerprint density at radius 1 is 1.33 bits per heavy atom. The molecular formula is C13H24N2. The predicted molar refractivity (Wildman–Crippen MR) is 64.8 cm³/mol. The number of piperazine rings is 1. The van der Waals surface area contributed by atoms with Crippen LogP contribution in [0, 0.1) is 0 Å². The zero-order valence-electron chi connectivity index (χ0n) is 10.3. The molecule has 2 rings (SSSR count). The van der Waals surface area contributed by atoms with Gasteiger partial charge in [0.2, 0.25) is 0 Å². The molecule has 1 aliphatic carbocycles. The van der Waals surface area contributed by atoms with Gasteiger partial charge in [-0.1, -0.05) is 19.9 Å². The first-order valence-electron chi connectivity index (χ1n) is 6.32. The molecule has 0 atom stereocenters. The molecule has 1 spiro atoms. The molecule has 2 heteroatoms. The van der Waals surface area contributed by atoms with Gasteiger partial charge in [0.15, 0.2) is 0 Å². The third-order valence-corrected chi connectivity index (χ3v) is 3.87. The van der Waals surface area contributed by atoms with Crippen molar-refractivity contribution in [1.29, 1.82) is 0 Å². The summed E-state index contributed by atoms with van der Waals surface area (Å²) in [6, 6.07) is 0. The third kappa shape index (κ3) is 2.20. The van der Waals surface area contributed by atoms with E-state index in [1.54, 1.807) is 0 Å². The number of unbranched alkanes of at least 4 members (excludes halogenated alkanes) is 1. The second kappa shape index (κ2) is 4.17. The Balaban J connectivity index is 1.93. The second-order valence-corrected chi connectivity index (χ2v) is 5.28. The molecule has 0 unspecified atom stereocenters. The zero-order chi connectivity index (χ0) is 10.9. The first-order chi connectivity index (χ1) is 7.18. The van der Waals surface area contributed by atoms with Crippen LogP contribution < -0.4 is 0 Å². The van der Waals surface area contributed by atoms with Gasteiger partial charge in [-0.05, 0) is 32.7 Å². The summed E-state index contributed by atoms with van der Waals surface area (Å²) < 4.78 is 0. The third-order valence-electron chi connectivity index (χ3n) is 3.87. The predicted octanol–water partition coefficient (Wildman–Crippen LogP) is 2.47. The largest absolute Gasteiger partial charge is 0.367 e. The smallest absolute Gasteiger partial charge is 0.0528 e. The van der Waals surface area contributed by atoms with Gasteiger partial charge in [-0.25, -0.2) is 0 Å². The summed E-state index contributed by atoms with van der Waals surface area (Å²) in [5.74, 6) is 0. The van der Waals surface area contributed by atoms with E-state index < -0.39 is 0 Å². The lowest BCUT2D eigenvalue weighted by Gasteiger charge is -2.43. The summed E-state index contributed by atoms with van der Waals surface area (Å²) in [5.41, 5.74) is 1.89. The maximum Gasteiger partial charge on any atom is 0.0528 e. The molecule has 2 fully saturated rings. The molecule has 0 bridgehead atoms. The summed E-state index contributed by atoms with van der Waals surface area (Å²) >= 11 is 0. The molecule has 0 aromatic heterocycles. The first kappa shape index (κ1) is 11.0. The maximum atomic E-state index is 4.28. The first-order valence-corrected chi connectivity index (χ1v) is 6.32. The van der Waals surface area contributed by atoms with E-state index >= 15 is 0 Å². The van der Waals surface area contributed by atoms with E-state index in [2.05, 4.69) is 30.4 Å². The normalized spacial score (nSPS) is 24.5. The van der Waals surface area contributed by atoms with Crippen LogP contribution in [0.2, 0.25) is 0 Å². The SMILES string of the molecule is C=C(CCCC)N1CCN(C)CC12CC2. The number of rotatable bonds is 4. The Bertz CT molecular complexity index is 243. The molecule has 1 aliphatic heterocycles. The van der Waals surface area contributed by atoms with Gasteiger partial charge in [-0.2, -0.15) is 0 Å². The van der Waals surface area contributed by atoms with Gasteiger partial charge in [0, 0.05) is 25.3 Å². The van der Waals surface area contributed by atoms with Crippen molar-refractivity contribution in [2.75, 3.05) is 26.7 Å². The molecule has 1 heterocycles. The van der Waals surface area contributed by atoms with E-state index in [4.69, 9.17) is 0 Å². The van der Waals surface area contributed by atoms with Crippen molar-refractivity contribution < 1.29 is 0 Å². The van der Waals surface area contributed by atoms with Crippen LogP contribution >= 0.6 is 0 Å². The van der Waals surface area contributed by atoms with Crippen LogP contribution in [-0.2, 0) is 0 Å². The summed E-state index contributed by atoms with van der Waals surface area (Å²) in [6.07, 6.45) is 6.52. The molecule has 1 saturated carbocycles. The minimum absolute atomic E-state index is 0.498. The highest BCUT2D eigenvalue weighted by molar-refractivity contribution is 5.15. The molecular weight excluding hydrogens is 184 g/mol. The molecule has 0 aromatic rings. The van der Waals surface area contributed by atoms with Gasteiger partial charge in [-0.3, -0.25) is 0 Å². The van der Waals surface area contributed by atoms with E-state index in [-0.39, 0.29) is 0 Å². The minimum Gasteiger partial charge on any atom is -0.367 e. The van der Waals surface area contributed by atoms with Crippen LogP contribution in [0.15, 0.2) is 12.3 Å². The van der Waals surface area contributed by atoms with E-state index in [1.807, 2.05) is 0 Å². The van der Waals surface area contributed by atoms with Crippen LogP contribution in [0.5, 0.6) is 0 Å². The molecule has 2 aliphatic rings. The Hall–Kier alpha value is -0.500. The molecule has 0 aromatic carbocycles. The van der Waals surface area contributed by atoms with Gasteiger partial charge < -0.3 is 9.80 Å². The quantitative estimate of drug-likeness (QED) is 0.700. The fourth-order valence-electron chi connectivity index (χ4n) is 2.76. The Morgan fingerprint density at radius 3 is 2.67 bits per heavy atom. The summed E-state index contributed by atoms with van der Waals surface area (Å²) in [5, 5.41) is 0. The van der Waals surface area contributed by atoms with E-state index in [9.17, 15) is 0 Å². The Morgan fingerprint density at radius 2 is 2.07 bits per heavy atom. The Labute approximate surface area is 93.9 Å². The van der Waals surface area contributed by atoms with Crippen LogP contribution in [0.1, 0.15) is 39.0 Å². The van der Waals surface area contributed by atoms with Gasteiger partial charge in [-0.15, -0.1) is 0 Å². The number of hydrogen-bond acceptors (Lipinski definition) is 2. The van der Waals surface area contributed by atoms with Crippen LogP contribution in [0.3, 0.4) is 0 Å². The number of likely N-dealkylation sites (N-methyl/N-ethyl adjacent to an activating group) is 1. The van der Waals surface area contributed by atoms with Crippen LogP contribution in [-0.4, -0.2) is 42.0 Å². The van der Waals surface area contributed by atoms with Crippen LogP contribution in [0.25, 0.3) is 0 Å². The van der Waals surface area contributed by atoms with Crippen molar-refractivity contribution in [2.45, 2.75) is 44.6 Å². The second-order valence-electron chi connectivity index (χ2n) is 5.28. The topological polar surface area (TPSA) is 6.48 Å². The van der Waals surface area contributed by atoms with Crippen molar-refractivity contribution >= 4 is 0 Å². The number of nitrogens with zero attached hydrogens (tertiary/aromatic N) is 2. The highest BCUT2D eigenvalue weighted by atomic mass is 15.3. The zero-order valence-corrected chi connectivity index (χ0v) is 10.3. The summed E-state index contributed by atoms with van der Waals surface area (Å²) in [4.78, 5) is 5.08. The molecule has 1 saturated heterocycles. The lowest BCUT2D eigenvalue weighted by atomic mass is 10.1. The fraction of sp³-hybridized carbons (Fsp3) is 0.846. The molecule has 2 nitrogen and oxygen atoms in total. The van der Waals surface area contributed by atoms with Crippen molar-refractivity contribution in [1.82, 2.24) is 9.80 Å². The molecule has 0 amide bonds. The van der Waals surface area contributed by atoms with Gasteiger partial charge in [0.1, 0.15) is 0 Å². The van der Waals surface area contributed by atoms with Crippen molar-refractivity contribution in [3.8, 4) is 0 Å². The highest BCUT2D eigenvalue weighted by Gasteiger charge is 2.50. The minimum atomic E-state index is 0.498. The highest BCUT2D eigenvalue weighted by Crippen LogP contribution is 2.46. The van der Waals surface area contributed by atoms with Crippen molar-refractivity contribution in [2.24, 2.45) is 0 Å². The molecule has 0 radical (unpaired) electrons. The van der Waals surface area contributed by atoms with E-state index in [1.165, 1.54) is 57.4 Å². The lowest BCUT2D eigenvalue weighted by Crippen LogP contribution is -2.52. The van der Waals surface area contributed by atoms with Gasteiger partial charge in [0.25, 0.3) is 0 Å². The van der Waals surface area contributed by atoms with Crippen molar-refractivity contribution in [3.63, 3.8) is 0 Å². The van der Waals surface area contributed by atoms with E-state index in [0.29, 0.717) is 5.54 Å². The summed E-state index contributed by atoms with van der Waals surface area (Å²) in [6.45, 7) is 10.2. The van der Waals surface area contributed by atoms with Crippen LogP contribution in [0.4, 0.5) is 0 Å². The Kier molecular flexibility index (Phi) is 3.06. The number of allylic oxidation sites excluding steroid dienone is 1. The standard InChI is InChI=1S/C13H24N2/c1-4-5-6-12(2)15-10-9-14(3)11-13(15)7-8-13/h2,4-11H2,1,3H3. The summed E-state index contributed by atoms with van der Waals surface area (Å²) in [7, 11) is 2.24. The average molecular weight is 208 g/mol. The average Bonchev–Trinajstić information content (AvgIpc) is 2.94. The number of hydrogen-bond donors (Lipinski definition) is 0. The fourth-order valence-corrected chi connectivity index (χ4v) is 2.76. The van der Waals surface area contributed by atoms with E-state index in [0.717, 1.165) is 0 Å². The monoisotopic (exact) mass is 208 g/mol. The molecule has 86 valence electrons. The van der Waals surface area contributed by atoms with Gasteiger partial charge >= 0.3 is 0 Å². The molecule has 15 heavy (non-hydrogen) atoms. The maximum absolute atomic E-state index is 4.28. The van der Waals surface area contributed by atoms with Gasteiger partial charge in [0.05, 0.1) is 5.54 Å². The van der Waals surface area contributed by atoms with Crippen molar-refractivity contribution in [3.05, 3.63) is 12.3 Å². The lowest BCUT2D eigenvalue weighted by molar-refractivity contribution is 0.101.